The molecule has 1 N–H and O–H groups in total. The van der Waals surface area contributed by atoms with E-state index in [1.807, 2.05) is 25.1 Å². The Balaban J connectivity index is 1.46. The van der Waals surface area contributed by atoms with Gasteiger partial charge in [-0.3, -0.25) is 4.79 Å². The van der Waals surface area contributed by atoms with Crippen LogP contribution >= 0.6 is 11.6 Å². The highest BCUT2D eigenvalue weighted by atomic mass is 35.5. The summed E-state index contributed by atoms with van der Waals surface area (Å²) in [6.45, 7) is 3.91. The van der Waals surface area contributed by atoms with Crippen LogP contribution in [0, 0.1) is 13.8 Å². The standard InChI is InChI=1S/C26H23ClN2O4S/c1-17-7-13-22(14-8-17)34(31,32)16-24-18(2)33-26(29-24)20-11-9-19(10-12-20)25(30)28-15-21-5-3-4-6-23(21)27/h3-14H,15-16H2,1-2H3,(H,28,30). The van der Waals surface area contributed by atoms with Crippen LogP contribution in [-0.4, -0.2) is 19.3 Å². The maximum atomic E-state index is 12.8. The van der Waals surface area contributed by atoms with E-state index in [4.69, 9.17) is 16.0 Å². The zero-order valence-electron chi connectivity index (χ0n) is 18.7. The lowest BCUT2D eigenvalue weighted by atomic mass is 10.1. The molecule has 34 heavy (non-hydrogen) atoms. The predicted octanol–water partition coefficient (Wildman–Crippen LogP) is 5.52. The minimum atomic E-state index is -3.56. The Labute approximate surface area is 203 Å². The van der Waals surface area contributed by atoms with E-state index in [0.29, 0.717) is 40.0 Å². The first kappa shape index (κ1) is 23.7. The van der Waals surface area contributed by atoms with Crippen molar-refractivity contribution in [3.05, 3.63) is 106 Å². The molecule has 0 aliphatic heterocycles. The van der Waals surface area contributed by atoms with Gasteiger partial charge in [-0.25, -0.2) is 13.4 Å². The van der Waals surface area contributed by atoms with Gasteiger partial charge in [0.05, 0.1) is 10.6 Å². The summed E-state index contributed by atoms with van der Waals surface area (Å²) in [5.41, 5.74) is 3.29. The number of hydrogen-bond donors (Lipinski definition) is 1. The summed E-state index contributed by atoms with van der Waals surface area (Å²) in [5, 5.41) is 3.44. The van der Waals surface area contributed by atoms with Crippen LogP contribution in [0.1, 0.15) is 32.9 Å². The topological polar surface area (TPSA) is 89.3 Å². The second-order valence-electron chi connectivity index (χ2n) is 7.95. The lowest BCUT2D eigenvalue weighted by Gasteiger charge is -2.07. The van der Waals surface area contributed by atoms with Crippen LogP contribution in [0.25, 0.3) is 11.5 Å². The Morgan fingerprint density at radius 3 is 2.32 bits per heavy atom. The third-order valence-corrected chi connectivity index (χ3v) is 7.40. The third kappa shape index (κ3) is 5.38. The molecule has 4 rings (SSSR count). The number of nitrogens with zero attached hydrogens (tertiary/aromatic N) is 1. The van der Waals surface area contributed by atoms with Gasteiger partial charge in [-0.15, -0.1) is 0 Å². The number of hydrogen-bond acceptors (Lipinski definition) is 5. The first-order valence-corrected chi connectivity index (χ1v) is 12.6. The molecule has 0 atom stereocenters. The second-order valence-corrected chi connectivity index (χ2v) is 10.3. The molecule has 8 heteroatoms. The smallest absolute Gasteiger partial charge is 0.251 e. The van der Waals surface area contributed by atoms with Gasteiger partial charge in [-0.2, -0.15) is 0 Å². The fraction of sp³-hybridized carbons (Fsp3) is 0.154. The maximum Gasteiger partial charge on any atom is 0.251 e. The van der Waals surface area contributed by atoms with Crippen LogP contribution in [0.4, 0.5) is 0 Å². The van der Waals surface area contributed by atoms with Crippen molar-refractivity contribution < 1.29 is 17.6 Å². The molecule has 0 spiro atoms. The van der Waals surface area contributed by atoms with Gasteiger partial charge in [0.1, 0.15) is 11.5 Å². The molecule has 0 fully saturated rings. The van der Waals surface area contributed by atoms with Crippen molar-refractivity contribution in [2.75, 3.05) is 0 Å². The van der Waals surface area contributed by atoms with Gasteiger partial charge in [0, 0.05) is 22.7 Å². The van der Waals surface area contributed by atoms with Crippen molar-refractivity contribution in [2.45, 2.75) is 31.0 Å². The van der Waals surface area contributed by atoms with Crippen LogP contribution in [0.3, 0.4) is 0 Å². The number of rotatable bonds is 7. The van der Waals surface area contributed by atoms with Crippen LogP contribution < -0.4 is 5.32 Å². The van der Waals surface area contributed by atoms with Crippen LogP contribution in [0.2, 0.25) is 5.02 Å². The Morgan fingerprint density at radius 1 is 0.971 bits per heavy atom. The molecule has 1 heterocycles. The molecule has 3 aromatic carbocycles. The number of carbonyl (C=O) groups excluding carboxylic acids is 1. The highest BCUT2D eigenvalue weighted by Crippen LogP contribution is 2.25. The van der Waals surface area contributed by atoms with Crippen molar-refractivity contribution in [2.24, 2.45) is 0 Å². The zero-order chi connectivity index (χ0) is 24.3. The lowest BCUT2D eigenvalue weighted by Crippen LogP contribution is -2.22. The summed E-state index contributed by atoms with van der Waals surface area (Å²) in [4.78, 5) is 17.1. The molecule has 0 aliphatic rings. The van der Waals surface area contributed by atoms with E-state index in [1.165, 1.54) is 0 Å². The van der Waals surface area contributed by atoms with E-state index in [-0.39, 0.29) is 16.6 Å². The fourth-order valence-electron chi connectivity index (χ4n) is 3.38. The van der Waals surface area contributed by atoms with Gasteiger partial charge in [0.25, 0.3) is 5.91 Å². The molecule has 0 aliphatic carbocycles. The van der Waals surface area contributed by atoms with Crippen molar-refractivity contribution in [3.8, 4) is 11.5 Å². The van der Waals surface area contributed by atoms with E-state index < -0.39 is 9.84 Å². The molecule has 1 amide bonds. The minimum absolute atomic E-state index is 0.236. The van der Waals surface area contributed by atoms with Gasteiger partial charge in [-0.1, -0.05) is 47.5 Å². The van der Waals surface area contributed by atoms with E-state index in [1.54, 1.807) is 61.5 Å². The monoisotopic (exact) mass is 494 g/mol. The Bertz CT molecular complexity index is 1430. The summed E-state index contributed by atoms with van der Waals surface area (Å²) >= 11 is 6.13. The number of halogens is 1. The SMILES string of the molecule is Cc1ccc(S(=O)(=O)Cc2nc(-c3ccc(C(=O)NCc4ccccc4Cl)cc3)oc2C)cc1. The molecule has 0 radical (unpaired) electrons. The van der Waals surface area contributed by atoms with E-state index >= 15 is 0 Å². The van der Waals surface area contributed by atoms with Crippen LogP contribution in [-0.2, 0) is 22.1 Å². The summed E-state index contributed by atoms with van der Waals surface area (Å²) in [6.07, 6.45) is 0. The summed E-state index contributed by atoms with van der Waals surface area (Å²) < 4.78 is 31.3. The summed E-state index contributed by atoms with van der Waals surface area (Å²) in [5.74, 6) is 0.246. The number of benzene rings is 3. The van der Waals surface area contributed by atoms with Gasteiger partial charge in [-0.05, 0) is 61.9 Å². The van der Waals surface area contributed by atoms with E-state index in [0.717, 1.165) is 11.1 Å². The summed E-state index contributed by atoms with van der Waals surface area (Å²) in [7, 11) is -3.56. The molecule has 4 aromatic rings. The number of aryl methyl sites for hydroxylation is 2. The Kier molecular flexibility index (Phi) is 6.86. The molecule has 1 aromatic heterocycles. The first-order chi connectivity index (χ1) is 16.2. The molecule has 0 saturated carbocycles. The van der Waals surface area contributed by atoms with Gasteiger partial charge in [0.2, 0.25) is 5.89 Å². The van der Waals surface area contributed by atoms with Crippen LogP contribution in [0.5, 0.6) is 0 Å². The summed E-state index contributed by atoms with van der Waals surface area (Å²) in [6, 6.07) is 20.8. The van der Waals surface area contributed by atoms with Gasteiger partial charge in [0.15, 0.2) is 9.84 Å². The molecular weight excluding hydrogens is 472 g/mol. The van der Waals surface area contributed by atoms with Gasteiger partial charge >= 0.3 is 0 Å². The predicted molar refractivity (Wildman–Crippen MR) is 131 cm³/mol. The molecule has 174 valence electrons. The lowest BCUT2D eigenvalue weighted by molar-refractivity contribution is 0.0951. The number of nitrogens with one attached hydrogen (secondary N) is 1. The first-order valence-electron chi connectivity index (χ1n) is 10.6. The van der Waals surface area contributed by atoms with Crippen molar-refractivity contribution in [1.29, 1.82) is 0 Å². The number of oxazole rings is 1. The highest BCUT2D eigenvalue weighted by molar-refractivity contribution is 7.90. The number of aromatic nitrogens is 1. The Hall–Kier alpha value is -3.42. The molecular formula is C26H23ClN2O4S. The molecule has 6 nitrogen and oxygen atoms in total. The normalized spacial score (nSPS) is 11.4. The maximum absolute atomic E-state index is 12.8. The number of carbonyl (C=O) groups is 1. The van der Waals surface area contributed by atoms with Gasteiger partial charge < -0.3 is 9.73 Å². The van der Waals surface area contributed by atoms with Crippen LogP contribution in [0.15, 0.2) is 82.1 Å². The second kappa shape index (κ2) is 9.83. The quantitative estimate of drug-likeness (QED) is 0.365. The Morgan fingerprint density at radius 2 is 1.65 bits per heavy atom. The molecule has 0 unspecified atom stereocenters. The number of sulfone groups is 1. The van der Waals surface area contributed by atoms with Crippen molar-refractivity contribution >= 4 is 27.3 Å². The minimum Gasteiger partial charge on any atom is -0.441 e. The van der Waals surface area contributed by atoms with E-state index in [2.05, 4.69) is 10.3 Å². The molecule has 0 bridgehead atoms. The highest BCUT2D eigenvalue weighted by Gasteiger charge is 2.21. The van der Waals surface area contributed by atoms with Crippen molar-refractivity contribution in [3.63, 3.8) is 0 Å². The molecule has 0 saturated heterocycles. The zero-order valence-corrected chi connectivity index (χ0v) is 20.3. The third-order valence-electron chi connectivity index (χ3n) is 5.39. The number of amides is 1. The average molecular weight is 495 g/mol. The fourth-order valence-corrected chi connectivity index (χ4v) is 4.93. The van der Waals surface area contributed by atoms with E-state index in [9.17, 15) is 13.2 Å². The average Bonchev–Trinajstić information content (AvgIpc) is 3.18. The van der Waals surface area contributed by atoms with Crippen molar-refractivity contribution in [1.82, 2.24) is 10.3 Å². The largest absolute Gasteiger partial charge is 0.441 e.